The molecule has 1 N–H and O–H groups in total. The zero-order chi connectivity index (χ0) is 26.7. The van der Waals surface area contributed by atoms with Gasteiger partial charge in [-0.2, -0.15) is 5.10 Å². The van der Waals surface area contributed by atoms with Gasteiger partial charge in [0.05, 0.1) is 12.8 Å². The van der Waals surface area contributed by atoms with Gasteiger partial charge in [-0.3, -0.25) is 4.79 Å². The maximum atomic E-state index is 12.3. The minimum absolute atomic E-state index is 0.289. The summed E-state index contributed by atoms with van der Waals surface area (Å²) in [5.74, 6) is 1.60. The van der Waals surface area contributed by atoms with Gasteiger partial charge in [0.1, 0.15) is 19.0 Å². The van der Waals surface area contributed by atoms with Crippen molar-refractivity contribution >= 4 is 23.7 Å². The number of hydrazone groups is 1. The molecule has 0 aromatic heterocycles. The molecule has 0 bridgehead atoms. The maximum Gasteiger partial charge on any atom is 0.271 e. The van der Waals surface area contributed by atoms with E-state index in [1.807, 2.05) is 74.5 Å². The number of halogens is 1. The van der Waals surface area contributed by atoms with Crippen LogP contribution in [-0.4, -0.2) is 18.7 Å². The monoisotopic (exact) mass is 528 g/mol. The second kappa shape index (κ2) is 13.3. The predicted molar refractivity (Wildman–Crippen MR) is 150 cm³/mol. The van der Waals surface area contributed by atoms with Crippen molar-refractivity contribution in [3.05, 3.63) is 124 Å². The van der Waals surface area contributed by atoms with Crippen LogP contribution < -0.4 is 19.6 Å². The van der Waals surface area contributed by atoms with Crippen LogP contribution in [0.4, 0.5) is 0 Å². The third kappa shape index (κ3) is 7.60. The van der Waals surface area contributed by atoms with E-state index >= 15 is 0 Å². The Hall–Kier alpha value is -4.29. The molecule has 0 spiro atoms. The van der Waals surface area contributed by atoms with E-state index in [4.69, 9.17) is 25.8 Å². The molecule has 0 aliphatic carbocycles. The Morgan fingerprint density at radius 1 is 0.816 bits per heavy atom. The molecule has 4 aromatic carbocycles. The highest BCUT2D eigenvalue weighted by Crippen LogP contribution is 2.30. The molecule has 0 atom stereocenters. The highest BCUT2D eigenvalue weighted by Gasteiger charge is 2.10. The first-order valence-electron chi connectivity index (χ1n) is 12.3. The van der Waals surface area contributed by atoms with Gasteiger partial charge in [-0.1, -0.05) is 65.7 Å². The molecule has 0 fully saturated rings. The Labute approximate surface area is 227 Å². The number of hydrogen-bond acceptors (Lipinski definition) is 5. The summed E-state index contributed by atoms with van der Waals surface area (Å²) in [6.45, 7) is 5.15. The number of rotatable bonds is 11. The van der Waals surface area contributed by atoms with Gasteiger partial charge in [0.2, 0.25) is 0 Å². The van der Waals surface area contributed by atoms with Gasteiger partial charge in [0, 0.05) is 16.1 Å². The Kier molecular flexibility index (Phi) is 9.37. The number of hydrogen-bond donors (Lipinski definition) is 1. The van der Waals surface area contributed by atoms with Gasteiger partial charge in [-0.15, -0.1) is 0 Å². The second-order valence-corrected chi connectivity index (χ2v) is 8.96. The highest BCUT2D eigenvalue weighted by atomic mass is 35.5. The lowest BCUT2D eigenvalue weighted by molar-refractivity contribution is 0.0955. The van der Waals surface area contributed by atoms with E-state index in [1.54, 1.807) is 30.3 Å². The zero-order valence-electron chi connectivity index (χ0n) is 21.3. The Morgan fingerprint density at radius 3 is 2.29 bits per heavy atom. The van der Waals surface area contributed by atoms with Crippen LogP contribution in [0.5, 0.6) is 17.2 Å². The molecular weight excluding hydrogens is 500 g/mol. The standard InChI is InChI=1S/C31H29ClN2O4/c1-3-36-30-17-24(11-15-29(30)38-20-23-7-5-4-6-8-23)21-37-28-16-14-27(32)18-26(28)19-33-34-31(35)25-12-9-22(2)10-13-25/h4-19H,3,20-21H2,1-2H3,(H,34,35)/b33-19+. The Bertz CT molecular complexity index is 1390. The molecule has 0 heterocycles. The van der Waals surface area contributed by atoms with E-state index in [0.717, 1.165) is 16.7 Å². The summed E-state index contributed by atoms with van der Waals surface area (Å²) in [6.07, 6.45) is 1.51. The SMILES string of the molecule is CCOc1cc(COc2ccc(Cl)cc2/C=N/NC(=O)c2ccc(C)cc2)ccc1OCc1ccccc1. The predicted octanol–water partition coefficient (Wildman–Crippen LogP) is 6.97. The Balaban J connectivity index is 1.41. The molecule has 38 heavy (non-hydrogen) atoms. The molecule has 6 nitrogen and oxygen atoms in total. The largest absolute Gasteiger partial charge is 0.490 e. The van der Waals surface area contributed by atoms with Crippen molar-refractivity contribution in [2.75, 3.05) is 6.61 Å². The van der Waals surface area contributed by atoms with E-state index in [1.165, 1.54) is 6.21 Å². The summed E-state index contributed by atoms with van der Waals surface area (Å²) in [5.41, 5.74) is 6.76. The summed E-state index contributed by atoms with van der Waals surface area (Å²) < 4.78 is 17.9. The first-order valence-corrected chi connectivity index (χ1v) is 12.6. The summed E-state index contributed by atoms with van der Waals surface area (Å²) in [7, 11) is 0. The normalized spacial score (nSPS) is 10.8. The lowest BCUT2D eigenvalue weighted by Gasteiger charge is -2.14. The number of aryl methyl sites for hydroxylation is 1. The molecule has 194 valence electrons. The van der Waals surface area contributed by atoms with Gasteiger partial charge < -0.3 is 14.2 Å². The fourth-order valence-corrected chi connectivity index (χ4v) is 3.79. The van der Waals surface area contributed by atoms with Crippen molar-refractivity contribution < 1.29 is 19.0 Å². The Morgan fingerprint density at radius 2 is 1.53 bits per heavy atom. The maximum absolute atomic E-state index is 12.3. The first kappa shape index (κ1) is 26.8. The lowest BCUT2D eigenvalue weighted by atomic mass is 10.1. The molecule has 0 saturated heterocycles. The average molecular weight is 529 g/mol. The number of carbonyl (C=O) groups excluding carboxylic acids is 1. The van der Waals surface area contributed by atoms with Crippen LogP contribution in [-0.2, 0) is 13.2 Å². The zero-order valence-corrected chi connectivity index (χ0v) is 22.1. The fourth-order valence-electron chi connectivity index (χ4n) is 3.61. The number of amides is 1. The smallest absolute Gasteiger partial charge is 0.271 e. The number of nitrogens with one attached hydrogen (secondary N) is 1. The van der Waals surface area contributed by atoms with Crippen molar-refractivity contribution in [2.24, 2.45) is 5.10 Å². The number of benzene rings is 4. The molecule has 1 amide bonds. The summed E-state index contributed by atoms with van der Waals surface area (Å²) >= 11 is 6.20. The number of ether oxygens (including phenoxy) is 3. The first-order chi connectivity index (χ1) is 18.5. The quantitative estimate of drug-likeness (QED) is 0.168. The van der Waals surface area contributed by atoms with E-state index in [-0.39, 0.29) is 12.5 Å². The fraction of sp³-hybridized carbons (Fsp3) is 0.161. The van der Waals surface area contributed by atoms with Crippen molar-refractivity contribution in [3.8, 4) is 17.2 Å². The average Bonchev–Trinajstić information content (AvgIpc) is 2.93. The summed E-state index contributed by atoms with van der Waals surface area (Å²) in [5, 5.41) is 4.62. The van der Waals surface area contributed by atoms with Crippen LogP contribution in [0, 0.1) is 6.92 Å². The molecule has 0 aliphatic heterocycles. The molecule has 4 rings (SSSR count). The minimum atomic E-state index is -0.302. The van der Waals surface area contributed by atoms with Crippen LogP contribution in [0.1, 0.15) is 39.5 Å². The van der Waals surface area contributed by atoms with Crippen molar-refractivity contribution in [3.63, 3.8) is 0 Å². The van der Waals surface area contributed by atoms with Crippen LogP contribution in [0.3, 0.4) is 0 Å². The molecule has 4 aromatic rings. The topological polar surface area (TPSA) is 69.2 Å². The van der Waals surface area contributed by atoms with E-state index in [0.29, 0.717) is 46.6 Å². The summed E-state index contributed by atoms with van der Waals surface area (Å²) in [4.78, 5) is 12.3. The van der Waals surface area contributed by atoms with E-state index in [9.17, 15) is 4.79 Å². The molecule has 0 radical (unpaired) electrons. The molecule has 7 heteroatoms. The third-order valence-electron chi connectivity index (χ3n) is 5.59. The van der Waals surface area contributed by atoms with Gasteiger partial charge >= 0.3 is 0 Å². The van der Waals surface area contributed by atoms with Crippen LogP contribution in [0.2, 0.25) is 5.02 Å². The molecule has 0 unspecified atom stereocenters. The highest BCUT2D eigenvalue weighted by molar-refractivity contribution is 6.30. The molecule has 0 saturated carbocycles. The van der Waals surface area contributed by atoms with Crippen LogP contribution in [0.15, 0.2) is 96.1 Å². The molecule has 0 aliphatic rings. The van der Waals surface area contributed by atoms with Crippen molar-refractivity contribution in [1.82, 2.24) is 5.43 Å². The van der Waals surface area contributed by atoms with E-state index in [2.05, 4.69) is 10.5 Å². The van der Waals surface area contributed by atoms with Crippen LogP contribution in [0.25, 0.3) is 0 Å². The number of carbonyl (C=O) groups is 1. The van der Waals surface area contributed by atoms with Crippen molar-refractivity contribution in [2.45, 2.75) is 27.1 Å². The van der Waals surface area contributed by atoms with Crippen molar-refractivity contribution in [1.29, 1.82) is 0 Å². The minimum Gasteiger partial charge on any atom is -0.490 e. The van der Waals surface area contributed by atoms with Gasteiger partial charge in [-0.25, -0.2) is 5.43 Å². The van der Waals surface area contributed by atoms with Gasteiger partial charge in [-0.05, 0) is 67.4 Å². The molecular formula is C31H29ClN2O4. The van der Waals surface area contributed by atoms with E-state index < -0.39 is 0 Å². The second-order valence-electron chi connectivity index (χ2n) is 8.52. The lowest BCUT2D eigenvalue weighted by Crippen LogP contribution is -2.17. The van der Waals surface area contributed by atoms with Gasteiger partial charge in [0.15, 0.2) is 11.5 Å². The summed E-state index contributed by atoms with van der Waals surface area (Å²) in [6, 6.07) is 28.2. The van der Waals surface area contributed by atoms with Gasteiger partial charge in [0.25, 0.3) is 5.91 Å². The third-order valence-corrected chi connectivity index (χ3v) is 5.83. The van der Waals surface area contributed by atoms with Crippen LogP contribution >= 0.6 is 11.6 Å². The number of nitrogens with zero attached hydrogens (tertiary/aromatic N) is 1.